The van der Waals surface area contributed by atoms with Crippen molar-refractivity contribution in [1.82, 2.24) is 5.32 Å². The van der Waals surface area contributed by atoms with E-state index in [9.17, 15) is 10.2 Å². The quantitative estimate of drug-likeness (QED) is 0.397. The molecule has 0 heterocycles. The van der Waals surface area contributed by atoms with E-state index in [4.69, 9.17) is 5.53 Å². The van der Waals surface area contributed by atoms with Crippen LogP contribution < -0.4 is 5.32 Å². The number of aliphatic hydroxyl groups is 2. The normalized spacial score (nSPS) is 13.8. The van der Waals surface area contributed by atoms with Crippen molar-refractivity contribution in [2.75, 3.05) is 13.6 Å². The number of benzene rings is 1. The fourth-order valence-corrected chi connectivity index (χ4v) is 1.53. The van der Waals surface area contributed by atoms with E-state index in [0.29, 0.717) is 24.2 Å². The Morgan fingerprint density at radius 1 is 1.41 bits per heavy atom. The smallest absolute Gasteiger partial charge is 0.105 e. The highest BCUT2D eigenvalue weighted by molar-refractivity contribution is 5.47. The molecule has 0 aromatic heterocycles. The molecule has 1 rings (SSSR count). The maximum Gasteiger partial charge on any atom is 0.105 e. The largest absolute Gasteiger partial charge is 0.390 e. The number of nitrogens with one attached hydrogen (secondary N) is 1. The Balaban J connectivity index is 2.87. The van der Waals surface area contributed by atoms with Crippen molar-refractivity contribution in [2.45, 2.75) is 18.6 Å². The minimum absolute atomic E-state index is 0.339. The molecule has 0 aliphatic heterocycles. The van der Waals surface area contributed by atoms with Crippen LogP contribution >= 0.6 is 0 Å². The van der Waals surface area contributed by atoms with Crippen LogP contribution in [-0.4, -0.2) is 29.9 Å². The molecule has 0 aliphatic rings. The lowest BCUT2D eigenvalue weighted by atomic mass is 10.0. The summed E-state index contributed by atoms with van der Waals surface area (Å²) in [5.41, 5.74) is 9.19. The van der Waals surface area contributed by atoms with Gasteiger partial charge >= 0.3 is 0 Å². The summed E-state index contributed by atoms with van der Waals surface area (Å²) in [6.07, 6.45) is -1.52. The van der Waals surface area contributed by atoms with Crippen molar-refractivity contribution in [2.24, 2.45) is 5.11 Å². The van der Waals surface area contributed by atoms with Crippen LogP contribution in [0.1, 0.15) is 18.1 Å². The second kappa shape index (κ2) is 6.88. The van der Waals surface area contributed by atoms with E-state index in [1.807, 2.05) is 0 Å². The van der Waals surface area contributed by atoms with Crippen LogP contribution in [0.4, 0.5) is 5.69 Å². The van der Waals surface area contributed by atoms with Crippen molar-refractivity contribution in [3.63, 3.8) is 0 Å². The maximum absolute atomic E-state index is 9.96. The van der Waals surface area contributed by atoms with E-state index < -0.39 is 12.2 Å². The molecular formula is C11H16N4O2. The molecule has 3 N–H and O–H groups in total. The molecule has 2 unspecified atom stereocenters. The van der Waals surface area contributed by atoms with E-state index >= 15 is 0 Å². The summed E-state index contributed by atoms with van der Waals surface area (Å²) >= 11 is 0. The molecular weight excluding hydrogens is 220 g/mol. The Morgan fingerprint density at radius 2 is 2.12 bits per heavy atom. The number of nitrogens with zero attached hydrogens (tertiary/aromatic N) is 3. The van der Waals surface area contributed by atoms with E-state index in [1.165, 1.54) is 0 Å². The summed E-state index contributed by atoms with van der Waals surface area (Å²) in [5, 5.41) is 26.1. The topological polar surface area (TPSA) is 101 Å². The number of aliphatic hydroxyl groups excluding tert-OH is 2. The first-order valence-corrected chi connectivity index (χ1v) is 5.35. The zero-order chi connectivity index (χ0) is 12.7. The van der Waals surface area contributed by atoms with Gasteiger partial charge in [-0.05, 0) is 31.1 Å². The van der Waals surface area contributed by atoms with Crippen molar-refractivity contribution in [3.8, 4) is 0 Å². The van der Waals surface area contributed by atoms with Crippen LogP contribution in [0.2, 0.25) is 0 Å². The number of hydrogen-bond donors (Lipinski definition) is 3. The predicted octanol–water partition coefficient (Wildman–Crippen LogP) is 1.63. The summed E-state index contributed by atoms with van der Waals surface area (Å²) in [6.45, 7) is 0.599. The lowest BCUT2D eigenvalue weighted by Gasteiger charge is -2.19. The molecule has 0 radical (unpaired) electrons. The summed E-state index contributed by atoms with van der Waals surface area (Å²) in [5.74, 6) is 0. The molecule has 17 heavy (non-hydrogen) atoms. The van der Waals surface area contributed by atoms with Crippen LogP contribution in [-0.2, 0) is 0 Å². The molecule has 0 aliphatic carbocycles. The average molecular weight is 236 g/mol. The van der Waals surface area contributed by atoms with E-state index in [-0.39, 0.29) is 0 Å². The fourth-order valence-electron chi connectivity index (χ4n) is 1.53. The second-order valence-corrected chi connectivity index (χ2v) is 3.65. The van der Waals surface area contributed by atoms with E-state index in [0.717, 1.165) is 0 Å². The van der Waals surface area contributed by atoms with Crippen molar-refractivity contribution in [3.05, 3.63) is 40.3 Å². The molecule has 0 spiro atoms. The first-order chi connectivity index (χ1) is 8.20. The molecule has 1 aromatic carbocycles. The number of azide groups is 1. The monoisotopic (exact) mass is 236 g/mol. The molecule has 0 amide bonds. The molecule has 6 heteroatoms. The Hall–Kier alpha value is -1.59. The summed E-state index contributed by atoms with van der Waals surface area (Å²) in [4.78, 5) is 2.69. The van der Waals surface area contributed by atoms with Crippen LogP contribution in [0.15, 0.2) is 29.4 Å². The Bertz CT molecular complexity index is 404. The lowest BCUT2D eigenvalue weighted by molar-refractivity contribution is 0.0143. The van der Waals surface area contributed by atoms with Gasteiger partial charge in [0.05, 0.1) is 6.10 Å². The fraction of sp³-hybridized carbons (Fsp3) is 0.455. The average Bonchev–Trinajstić information content (AvgIpc) is 2.36. The molecule has 1 aromatic rings. The summed E-state index contributed by atoms with van der Waals surface area (Å²) in [6, 6.07) is 6.67. The van der Waals surface area contributed by atoms with Crippen molar-refractivity contribution in [1.29, 1.82) is 0 Å². The number of hydrogen-bond acceptors (Lipinski definition) is 4. The first kappa shape index (κ1) is 13.5. The van der Waals surface area contributed by atoms with Gasteiger partial charge in [-0.15, -0.1) is 0 Å². The maximum atomic E-state index is 9.96. The highest BCUT2D eigenvalue weighted by atomic mass is 16.3. The third-order valence-electron chi connectivity index (χ3n) is 2.46. The number of rotatable bonds is 6. The van der Waals surface area contributed by atoms with Crippen LogP contribution in [0, 0.1) is 0 Å². The van der Waals surface area contributed by atoms with Crippen molar-refractivity contribution >= 4 is 5.69 Å². The Labute approximate surface area is 99.5 Å². The third-order valence-corrected chi connectivity index (χ3v) is 2.46. The van der Waals surface area contributed by atoms with Gasteiger partial charge in [-0.1, -0.05) is 29.4 Å². The summed E-state index contributed by atoms with van der Waals surface area (Å²) in [7, 11) is 1.77. The van der Waals surface area contributed by atoms with Gasteiger partial charge in [0.15, 0.2) is 0 Å². The van der Waals surface area contributed by atoms with E-state index in [2.05, 4.69) is 15.3 Å². The van der Waals surface area contributed by atoms with E-state index in [1.54, 1.807) is 31.3 Å². The molecule has 2 atom stereocenters. The van der Waals surface area contributed by atoms with Gasteiger partial charge in [-0.2, -0.15) is 0 Å². The van der Waals surface area contributed by atoms with Gasteiger partial charge in [-0.3, -0.25) is 0 Å². The lowest BCUT2D eigenvalue weighted by Crippen LogP contribution is -2.23. The minimum Gasteiger partial charge on any atom is -0.390 e. The predicted molar refractivity (Wildman–Crippen MR) is 64.8 cm³/mol. The Kier molecular flexibility index (Phi) is 5.45. The molecule has 0 saturated carbocycles. The molecule has 0 bridgehead atoms. The summed E-state index contributed by atoms with van der Waals surface area (Å²) < 4.78 is 0. The molecule has 6 nitrogen and oxygen atoms in total. The molecule has 92 valence electrons. The van der Waals surface area contributed by atoms with Crippen molar-refractivity contribution < 1.29 is 10.2 Å². The molecule has 0 fully saturated rings. The SMILES string of the molecule is CNCCC(O)C(O)c1ccccc1N=[N+]=[N-]. The second-order valence-electron chi connectivity index (χ2n) is 3.65. The highest BCUT2D eigenvalue weighted by Crippen LogP contribution is 2.28. The highest BCUT2D eigenvalue weighted by Gasteiger charge is 2.19. The van der Waals surface area contributed by atoms with Gasteiger partial charge in [0, 0.05) is 10.6 Å². The zero-order valence-electron chi connectivity index (χ0n) is 9.61. The van der Waals surface area contributed by atoms with Gasteiger partial charge in [0.2, 0.25) is 0 Å². The first-order valence-electron chi connectivity index (χ1n) is 5.35. The standard InChI is InChI=1S/C11H16N4O2/c1-13-7-6-10(16)11(17)8-4-2-3-5-9(8)14-15-12/h2-5,10-11,13,16-17H,6-7H2,1H3. The van der Waals surface area contributed by atoms with Gasteiger partial charge < -0.3 is 15.5 Å². The third kappa shape index (κ3) is 3.72. The zero-order valence-corrected chi connectivity index (χ0v) is 9.61. The van der Waals surface area contributed by atoms with Gasteiger partial charge in [-0.25, -0.2) is 0 Å². The van der Waals surface area contributed by atoms with Gasteiger partial charge in [0.1, 0.15) is 6.10 Å². The van der Waals surface area contributed by atoms with Crippen LogP contribution in [0.25, 0.3) is 10.4 Å². The minimum atomic E-state index is -1.05. The van der Waals surface area contributed by atoms with Gasteiger partial charge in [0.25, 0.3) is 0 Å². The molecule has 0 saturated heterocycles. The van der Waals surface area contributed by atoms with Crippen LogP contribution in [0.5, 0.6) is 0 Å². The Morgan fingerprint density at radius 3 is 2.76 bits per heavy atom. The van der Waals surface area contributed by atoms with Crippen LogP contribution in [0.3, 0.4) is 0 Å².